The highest BCUT2D eigenvalue weighted by Crippen LogP contribution is 2.26. The highest BCUT2D eigenvalue weighted by molar-refractivity contribution is 6.35. The summed E-state index contributed by atoms with van der Waals surface area (Å²) in [4.78, 5) is 12.4. The quantitative estimate of drug-likeness (QED) is 0.685. The van der Waals surface area contributed by atoms with Gasteiger partial charge in [0.1, 0.15) is 5.75 Å². The number of halogens is 1. The molecule has 4 heteroatoms. The Bertz CT molecular complexity index is 638. The molecule has 2 aromatic rings. The van der Waals surface area contributed by atoms with Gasteiger partial charge in [-0.3, -0.25) is 4.79 Å². The second-order valence-electron chi connectivity index (χ2n) is 4.72. The summed E-state index contributed by atoms with van der Waals surface area (Å²) in [6.45, 7) is 3.86. The first-order chi connectivity index (χ1) is 9.49. The maximum absolute atomic E-state index is 12.4. The van der Waals surface area contributed by atoms with Crippen LogP contribution in [-0.2, 0) is 0 Å². The first-order valence-corrected chi connectivity index (χ1v) is 6.72. The largest absolute Gasteiger partial charge is 0.491 e. The van der Waals surface area contributed by atoms with Gasteiger partial charge in [0.2, 0.25) is 0 Å². The molecule has 104 valence electrons. The number of rotatable bonds is 4. The van der Waals surface area contributed by atoms with Gasteiger partial charge in [0.05, 0.1) is 11.1 Å². The molecule has 0 heterocycles. The van der Waals surface area contributed by atoms with Crippen molar-refractivity contribution in [2.75, 3.05) is 5.73 Å². The van der Waals surface area contributed by atoms with E-state index in [-0.39, 0.29) is 11.9 Å². The third kappa shape index (κ3) is 3.11. The standard InChI is InChI=1S/C16H16ClNO2/c1-10(2)20-11-7-8-12(14(17)9-11)16(19)13-5-3-4-6-15(13)18/h3-10H,18H2,1-2H3. The van der Waals surface area contributed by atoms with E-state index in [1.54, 1.807) is 42.5 Å². The van der Waals surface area contributed by atoms with Crippen molar-refractivity contribution in [2.24, 2.45) is 0 Å². The summed E-state index contributed by atoms with van der Waals surface area (Å²) in [7, 11) is 0. The van der Waals surface area contributed by atoms with Crippen molar-refractivity contribution in [3.05, 3.63) is 58.6 Å². The highest BCUT2D eigenvalue weighted by Gasteiger charge is 2.15. The SMILES string of the molecule is CC(C)Oc1ccc(C(=O)c2ccccc2N)c(Cl)c1. The number of para-hydroxylation sites is 1. The molecule has 0 atom stereocenters. The van der Waals surface area contributed by atoms with Gasteiger partial charge in [0.25, 0.3) is 0 Å². The minimum Gasteiger partial charge on any atom is -0.491 e. The molecular formula is C16H16ClNO2. The Labute approximate surface area is 123 Å². The Morgan fingerprint density at radius 1 is 1.15 bits per heavy atom. The molecule has 0 aliphatic rings. The lowest BCUT2D eigenvalue weighted by atomic mass is 10.0. The number of benzene rings is 2. The molecule has 2 rings (SSSR count). The van der Waals surface area contributed by atoms with Gasteiger partial charge in [-0.15, -0.1) is 0 Å². The van der Waals surface area contributed by atoms with Crippen LogP contribution in [0.4, 0.5) is 5.69 Å². The molecule has 0 aliphatic heterocycles. The van der Waals surface area contributed by atoms with E-state index in [9.17, 15) is 4.79 Å². The maximum atomic E-state index is 12.4. The van der Waals surface area contributed by atoms with Crippen LogP contribution in [0.25, 0.3) is 0 Å². The molecule has 0 saturated heterocycles. The molecule has 0 amide bonds. The smallest absolute Gasteiger partial charge is 0.196 e. The minimum absolute atomic E-state index is 0.0531. The number of nitrogen functional groups attached to an aromatic ring is 1. The summed E-state index contributed by atoms with van der Waals surface area (Å²) in [5, 5.41) is 0.358. The van der Waals surface area contributed by atoms with Crippen molar-refractivity contribution in [1.82, 2.24) is 0 Å². The van der Waals surface area contributed by atoms with Gasteiger partial charge in [-0.2, -0.15) is 0 Å². The molecular weight excluding hydrogens is 274 g/mol. The number of hydrogen-bond donors (Lipinski definition) is 1. The zero-order valence-electron chi connectivity index (χ0n) is 11.4. The number of carbonyl (C=O) groups excluding carboxylic acids is 1. The summed E-state index contributed by atoms with van der Waals surface area (Å²) in [6.07, 6.45) is 0.0531. The van der Waals surface area contributed by atoms with Gasteiger partial charge >= 0.3 is 0 Å². The molecule has 0 aliphatic carbocycles. The topological polar surface area (TPSA) is 52.3 Å². The van der Waals surface area contributed by atoms with Crippen LogP contribution in [0.2, 0.25) is 5.02 Å². The van der Waals surface area contributed by atoms with Crippen molar-refractivity contribution < 1.29 is 9.53 Å². The average molecular weight is 290 g/mol. The van der Waals surface area contributed by atoms with Gasteiger partial charge in [-0.1, -0.05) is 23.7 Å². The Hall–Kier alpha value is -2.00. The van der Waals surface area contributed by atoms with Crippen molar-refractivity contribution >= 4 is 23.1 Å². The van der Waals surface area contributed by atoms with Gasteiger partial charge in [0, 0.05) is 16.8 Å². The van der Waals surface area contributed by atoms with E-state index in [1.165, 1.54) is 0 Å². The minimum atomic E-state index is -0.191. The summed E-state index contributed by atoms with van der Waals surface area (Å²) >= 11 is 6.17. The summed E-state index contributed by atoms with van der Waals surface area (Å²) in [5.74, 6) is 0.451. The second-order valence-corrected chi connectivity index (χ2v) is 5.13. The van der Waals surface area contributed by atoms with Gasteiger partial charge in [-0.25, -0.2) is 0 Å². The predicted octanol–water partition coefficient (Wildman–Crippen LogP) is 3.94. The number of ketones is 1. The molecule has 0 saturated carbocycles. The summed E-state index contributed by atoms with van der Waals surface area (Å²) in [6, 6.07) is 12.0. The first kappa shape index (κ1) is 14.4. The number of nitrogens with two attached hydrogens (primary N) is 1. The van der Waals surface area contributed by atoms with Crippen molar-refractivity contribution in [3.8, 4) is 5.75 Å². The molecule has 2 N–H and O–H groups in total. The molecule has 0 unspecified atom stereocenters. The van der Waals surface area contributed by atoms with Crippen LogP contribution in [0.5, 0.6) is 5.75 Å². The summed E-state index contributed by atoms with van der Waals surface area (Å²) in [5.41, 5.74) is 7.13. The average Bonchev–Trinajstić information content (AvgIpc) is 2.38. The van der Waals surface area contributed by atoms with Crippen LogP contribution in [0, 0.1) is 0 Å². The molecule has 2 aromatic carbocycles. The molecule has 0 bridgehead atoms. The molecule has 0 aromatic heterocycles. The fraction of sp³-hybridized carbons (Fsp3) is 0.188. The van der Waals surface area contributed by atoms with Crippen molar-refractivity contribution in [2.45, 2.75) is 20.0 Å². The fourth-order valence-electron chi connectivity index (χ4n) is 1.87. The zero-order chi connectivity index (χ0) is 14.7. The van der Waals surface area contributed by atoms with Crippen LogP contribution in [0.1, 0.15) is 29.8 Å². The highest BCUT2D eigenvalue weighted by atomic mass is 35.5. The zero-order valence-corrected chi connectivity index (χ0v) is 12.1. The van der Waals surface area contributed by atoms with E-state index in [4.69, 9.17) is 22.1 Å². The lowest BCUT2D eigenvalue weighted by molar-refractivity contribution is 0.103. The Morgan fingerprint density at radius 3 is 2.45 bits per heavy atom. The maximum Gasteiger partial charge on any atom is 0.196 e. The van der Waals surface area contributed by atoms with E-state index in [0.29, 0.717) is 27.6 Å². The molecule has 0 radical (unpaired) electrons. The molecule has 20 heavy (non-hydrogen) atoms. The van der Waals surface area contributed by atoms with E-state index in [2.05, 4.69) is 0 Å². The van der Waals surface area contributed by atoms with Crippen LogP contribution < -0.4 is 10.5 Å². The first-order valence-electron chi connectivity index (χ1n) is 6.34. The lowest BCUT2D eigenvalue weighted by Crippen LogP contribution is -2.08. The molecule has 3 nitrogen and oxygen atoms in total. The normalized spacial score (nSPS) is 10.6. The monoisotopic (exact) mass is 289 g/mol. The Morgan fingerprint density at radius 2 is 1.85 bits per heavy atom. The van der Waals surface area contributed by atoms with Gasteiger partial charge < -0.3 is 10.5 Å². The van der Waals surface area contributed by atoms with E-state index in [1.807, 2.05) is 13.8 Å². The second kappa shape index (κ2) is 5.97. The van der Waals surface area contributed by atoms with E-state index in [0.717, 1.165) is 0 Å². The Kier molecular flexibility index (Phi) is 4.30. The van der Waals surface area contributed by atoms with Crippen LogP contribution in [0.15, 0.2) is 42.5 Å². The number of anilines is 1. The van der Waals surface area contributed by atoms with E-state index < -0.39 is 0 Å². The predicted molar refractivity (Wildman–Crippen MR) is 81.5 cm³/mol. The number of ether oxygens (including phenoxy) is 1. The third-order valence-electron chi connectivity index (χ3n) is 2.76. The van der Waals surface area contributed by atoms with Crippen LogP contribution in [-0.4, -0.2) is 11.9 Å². The van der Waals surface area contributed by atoms with Crippen molar-refractivity contribution in [1.29, 1.82) is 0 Å². The van der Waals surface area contributed by atoms with Crippen LogP contribution in [0.3, 0.4) is 0 Å². The van der Waals surface area contributed by atoms with Gasteiger partial charge in [-0.05, 0) is 44.2 Å². The van der Waals surface area contributed by atoms with Gasteiger partial charge in [0.15, 0.2) is 5.78 Å². The van der Waals surface area contributed by atoms with Crippen LogP contribution >= 0.6 is 11.6 Å². The molecule has 0 fully saturated rings. The molecule has 0 spiro atoms. The fourth-order valence-corrected chi connectivity index (χ4v) is 2.13. The number of carbonyl (C=O) groups is 1. The Balaban J connectivity index is 2.34. The summed E-state index contributed by atoms with van der Waals surface area (Å²) < 4.78 is 5.54. The third-order valence-corrected chi connectivity index (χ3v) is 3.08. The number of hydrogen-bond acceptors (Lipinski definition) is 3. The van der Waals surface area contributed by atoms with Crippen molar-refractivity contribution in [3.63, 3.8) is 0 Å². The lowest BCUT2D eigenvalue weighted by Gasteiger charge is -2.11. The van der Waals surface area contributed by atoms with E-state index >= 15 is 0 Å².